The van der Waals surface area contributed by atoms with Gasteiger partial charge in [0, 0.05) is 20.0 Å². The third-order valence-corrected chi connectivity index (χ3v) is 4.28. The number of benzene rings is 1. The first kappa shape index (κ1) is 15.5. The predicted molar refractivity (Wildman–Crippen MR) is 86.4 cm³/mol. The highest BCUT2D eigenvalue weighted by Crippen LogP contribution is 2.28. The summed E-state index contributed by atoms with van der Waals surface area (Å²) in [6.07, 6.45) is 1.83. The molecule has 0 aliphatic carbocycles. The summed E-state index contributed by atoms with van der Waals surface area (Å²) in [4.78, 5) is 12.3. The van der Waals surface area contributed by atoms with Crippen LogP contribution in [0, 0.1) is 13.8 Å². The quantitative estimate of drug-likeness (QED) is 0.928. The van der Waals surface area contributed by atoms with Crippen LogP contribution in [0.3, 0.4) is 0 Å². The summed E-state index contributed by atoms with van der Waals surface area (Å²) in [5, 5.41) is 11.0. The molecule has 0 spiro atoms. The average Bonchev–Trinajstić information content (AvgIpc) is 2.86. The molecule has 122 valence electrons. The lowest BCUT2D eigenvalue weighted by Crippen LogP contribution is -2.41. The van der Waals surface area contributed by atoms with Crippen molar-refractivity contribution in [3.05, 3.63) is 41.0 Å². The Morgan fingerprint density at radius 2 is 2.22 bits per heavy atom. The van der Waals surface area contributed by atoms with Gasteiger partial charge in [-0.1, -0.05) is 17.7 Å². The van der Waals surface area contributed by atoms with Crippen molar-refractivity contribution in [2.24, 2.45) is 7.05 Å². The number of carbonyl (C=O) groups excluding carboxylic acids is 1. The van der Waals surface area contributed by atoms with E-state index in [1.807, 2.05) is 30.7 Å². The van der Waals surface area contributed by atoms with Gasteiger partial charge in [-0.05, 0) is 38.3 Å². The molecule has 23 heavy (non-hydrogen) atoms. The van der Waals surface area contributed by atoms with Crippen LogP contribution in [-0.4, -0.2) is 33.3 Å². The molecule has 0 radical (unpaired) electrons. The number of carbonyl (C=O) groups is 1. The molecule has 2 aromatic rings. The van der Waals surface area contributed by atoms with E-state index in [4.69, 9.17) is 4.74 Å². The second-order valence-electron chi connectivity index (χ2n) is 6.02. The Morgan fingerprint density at radius 1 is 1.39 bits per heavy atom. The molecule has 6 nitrogen and oxygen atoms in total. The van der Waals surface area contributed by atoms with Gasteiger partial charge in [0.2, 0.25) is 0 Å². The van der Waals surface area contributed by atoms with Crippen LogP contribution in [0.1, 0.15) is 29.2 Å². The number of fused-ring (bicyclic) bond motifs is 1. The lowest BCUT2D eigenvalue weighted by Gasteiger charge is -2.25. The first-order chi connectivity index (χ1) is 11.0. The number of rotatable bonds is 4. The molecule has 1 N–H and O–H groups in total. The van der Waals surface area contributed by atoms with Gasteiger partial charge in [-0.15, -0.1) is 10.2 Å². The van der Waals surface area contributed by atoms with Crippen molar-refractivity contribution < 1.29 is 9.53 Å². The maximum Gasteiger partial charge on any atom is 0.261 e. The number of hydrogen-bond acceptors (Lipinski definition) is 4. The van der Waals surface area contributed by atoms with Gasteiger partial charge >= 0.3 is 0 Å². The second-order valence-corrected chi connectivity index (χ2v) is 6.02. The Kier molecular flexibility index (Phi) is 4.32. The summed E-state index contributed by atoms with van der Waals surface area (Å²) in [6, 6.07) is 6.09. The van der Waals surface area contributed by atoms with Gasteiger partial charge in [-0.3, -0.25) is 4.79 Å². The zero-order valence-electron chi connectivity index (χ0n) is 13.8. The molecule has 1 aliphatic heterocycles. The van der Waals surface area contributed by atoms with E-state index < -0.39 is 6.10 Å². The number of hydrogen-bond donors (Lipinski definition) is 1. The molecule has 1 atom stereocenters. The molecule has 3 rings (SSSR count). The van der Waals surface area contributed by atoms with Crippen LogP contribution >= 0.6 is 0 Å². The van der Waals surface area contributed by atoms with E-state index in [9.17, 15) is 4.79 Å². The van der Waals surface area contributed by atoms with E-state index in [2.05, 4.69) is 28.5 Å². The van der Waals surface area contributed by atoms with Gasteiger partial charge in [-0.25, -0.2) is 0 Å². The van der Waals surface area contributed by atoms with Crippen LogP contribution in [0.2, 0.25) is 0 Å². The Labute approximate surface area is 135 Å². The fraction of sp³-hybridized carbons (Fsp3) is 0.471. The molecule has 0 bridgehead atoms. The van der Waals surface area contributed by atoms with Crippen LogP contribution in [0.25, 0.3) is 0 Å². The minimum Gasteiger partial charge on any atom is -0.480 e. The summed E-state index contributed by atoms with van der Waals surface area (Å²) < 4.78 is 7.77. The van der Waals surface area contributed by atoms with E-state index in [-0.39, 0.29) is 5.91 Å². The number of nitrogens with one attached hydrogen (secondary N) is 1. The molecule has 2 heterocycles. The van der Waals surface area contributed by atoms with Crippen LogP contribution in [0.15, 0.2) is 18.2 Å². The largest absolute Gasteiger partial charge is 0.480 e. The topological polar surface area (TPSA) is 69.0 Å². The summed E-state index contributed by atoms with van der Waals surface area (Å²) in [6.45, 7) is 4.50. The van der Waals surface area contributed by atoms with Crippen molar-refractivity contribution >= 4 is 5.91 Å². The number of ether oxygens (including phenoxy) is 1. The van der Waals surface area contributed by atoms with Gasteiger partial charge in [0.05, 0.1) is 0 Å². The lowest BCUT2D eigenvalue weighted by atomic mass is 10.00. The van der Waals surface area contributed by atoms with Gasteiger partial charge in [0.15, 0.2) is 6.10 Å². The molecule has 0 fully saturated rings. The third kappa shape index (κ3) is 3.36. The molecule has 1 unspecified atom stereocenters. The summed E-state index contributed by atoms with van der Waals surface area (Å²) in [7, 11) is 1.93. The average molecular weight is 314 g/mol. The number of aromatic nitrogens is 3. The first-order valence-electron chi connectivity index (χ1n) is 7.93. The standard InChI is InChI=1S/C17H22N4O2/c1-11-4-6-14-13(10-11)5-7-15(23-14)17(22)18-9-8-16-20-19-12(2)21(16)3/h4,6,10,15H,5,7-9H2,1-3H3,(H,18,22). The van der Waals surface area contributed by atoms with Gasteiger partial charge in [-0.2, -0.15) is 0 Å². The fourth-order valence-corrected chi connectivity index (χ4v) is 2.78. The minimum atomic E-state index is -0.411. The van der Waals surface area contributed by atoms with Crippen molar-refractivity contribution in [1.29, 1.82) is 0 Å². The highest BCUT2D eigenvalue weighted by molar-refractivity contribution is 5.81. The smallest absolute Gasteiger partial charge is 0.261 e. The van der Waals surface area contributed by atoms with Gasteiger partial charge in [0.1, 0.15) is 17.4 Å². The maximum absolute atomic E-state index is 12.3. The third-order valence-electron chi connectivity index (χ3n) is 4.28. The summed E-state index contributed by atoms with van der Waals surface area (Å²) in [5.41, 5.74) is 2.40. The summed E-state index contributed by atoms with van der Waals surface area (Å²) in [5.74, 6) is 2.50. The van der Waals surface area contributed by atoms with Crippen molar-refractivity contribution in [2.75, 3.05) is 6.54 Å². The van der Waals surface area contributed by atoms with Crippen LogP contribution in [0.5, 0.6) is 5.75 Å². The van der Waals surface area contributed by atoms with Crippen molar-refractivity contribution in [1.82, 2.24) is 20.1 Å². The number of nitrogens with zero attached hydrogens (tertiary/aromatic N) is 3. The second kappa shape index (κ2) is 6.40. The van der Waals surface area contributed by atoms with Gasteiger partial charge < -0.3 is 14.6 Å². The SMILES string of the molecule is Cc1ccc2c(c1)CCC(C(=O)NCCc1nnc(C)n1C)O2. The van der Waals surface area contributed by atoms with E-state index in [0.717, 1.165) is 23.8 Å². The van der Waals surface area contributed by atoms with Crippen molar-refractivity contribution in [2.45, 2.75) is 39.2 Å². The lowest BCUT2D eigenvalue weighted by molar-refractivity contribution is -0.128. The normalized spacial score (nSPS) is 16.6. The molecule has 1 aromatic carbocycles. The molecule has 1 amide bonds. The molecule has 1 aliphatic rings. The number of amides is 1. The van der Waals surface area contributed by atoms with Crippen molar-refractivity contribution in [3.8, 4) is 5.75 Å². The maximum atomic E-state index is 12.3. The highest BCUT2D eigenvalue weighted by Gasteiger charge is 2.25. The molecular weight excluding hydrogens is 292 g/mol. The monoisotopic (exact) mass is 314 g/mol. The Balaban J connectivity index is 1.53. The van der Waals surface area contributed by atoms with Crippen molar-refractivity contribution in [3.63, 3.8) is 0 Å². The van der Waals surface area contributed by atoms with Gasteiger partial charge in [0.25, 0.3) is 5.91 Å². The first-order valence-corrected chi connectivity index (χ1v) is 7.93. The Morgan fingerprint density at radius 3 is 2.96 bits per heavy atom. The number of aryl methyl sites for hydroxylation is 3. The molecule has 0 saturated carbocycles. The Bertz CT molecular complexity index is 723. The predicted octanol–water partition coefficient (Wildman–Crippen LogP) is 1.48. The van der Waals surface area contributed by atoms with E-state index in [0.29, 0.717) is 19.4 Å². The van der Waals surface area contributed by atoms with Crippen LogP contribution in [0.4, 0.5) is 0 Å². The van der Waals surface area contributed by atoms with Crippen LogP contribution < -0.4 is 10.1 Å². The van der Waals surface area contributed by atoms with E-state index >= 15 is 0 Å². The van der Waals surface area contributed by atoms with Crippen LogP contribution in [-0.2, 0) is 24.7 Å². The fourth-order valence-electron chi connectivity index (χ4n) is 2.78. The zero-order valence-corrected chi connectivity index (χ0v) is 13.8. The molecule has 0 saturated heterocycles. The molecular formula is C17H22N4O2. The summed E-state index contributed by atoms with van der Waals surface area (Å²) >= 11 is 0. The highest BCUT2D eigenvalue weighted by atomic mass is 16.5. The van der Waals surface area contributed by atoms with E-state index in [1.165, 1.54) is 11.1 Å². The van der Waals surface area contributed by atoms with E-state index in [1.54, 1.807) is 0 Å². The minimum absolute atomic E-state index is 0.0601. The molecule has 6 heteroatoms. The zero-order chi connectivity index (χ0) is 16.4. The molecule has 1 aromatic heterocycles. The Hall–Kier alpha value is -2.37.